The summed E-state index contributed by atoms with van der Waals surface area (Å²) in [4.78, 5) is 9.92. The largest absolute Gasteiger partial charge is 0.483 e. The van der Waals surface area contributed by atoms with Gasteiger partial charge in [0.2, 0.25) is 0 Å². The van der Waals surface area contributed by atoms with Crippen molar-refractivity contribution in [1.82, 2.24) is 0 Å². The van der Waals surface area contributed by atoms with E-state index in [0.717, 1.165) is 58.7 Å². The van der Waals surface area contributed by atoms with E-state index in [0.29, 0.717) is 18.4 Å². The van der Waals surface area contributed by atoms with E-state index < -0.39 is 0 Å². The maximum atomic E-state index is 7.42. The maximum absolute atomic E-state index is 7.42. The molecular weight excluding hydrogens is 480 g/mol. The van der Waals surface area contributed by atoms with E-state index in [9.17, 15) is 0 Å². The quantitative estimate of drug-likeness (QED) is 0.393. The van der Waals surface area contributed by atoms with Crippen LogP contribution in [-0.4, -0.2) is 23.1 Å². The summed E-state index contributed by atoms with van der Waals surface area (Å²) < 4.78 is 14.7. The Hall–Kier alpha value is -2.62. The monoisotopic (exact) mass is 524 g/mol. The fraction of sp³-hybridized carbons (Fsp3) is 0.600. The summed E-state index contributed by atoms with van der Waals surface area (Å²) in [6.07, 6.45) is 9.26. The third-order valence-electron chi connectivity index (χ3n) is 12.3. The third kappa shape index (κ3) is 3.36. The Morgan fingerprint density at radius 2 is 1.38 bits per heavy atom. The lowest BCUT2D eigenvalue weighted by molar-refractivity contribution is -0.244. The van der Waals surface area contributed by atoms with Gasteiger partial charge in [-0.15, -0.1) is 0 Å². The number of nitrogens with zero attached hydrogens (tertiary/aromatic N) is 2. The fourth-order valence-corrected chi connectivity index (χ4v) is 9.27. The van der Waals surface area contributed by atoms with E-state index in [-0.39, 0.29) is 22.0 Å². The molecule has 6 fully saturated rings. The molecule has 6 atom stereocenters. The molecule has 0 spiro atoms. The van der Waals surface area contributed by atoms with Crippen molar-refractivity contribution in [3.05, 3.63) is 53.6 Å². The molecule has 0 amide bonds. The van der Waals surface area contributed by atoms with E-state index in [4.69, 9.17) is 19.5 Å². The molecule has 1 aliphatic heterocycles. The zero-order valence-electron chi connectivity index (χ0n) is 24.6. The molecule has 4 nitrogen and oxygen atoms in total. The molecule has 39 heavy (non-hydrogen) atoms. The number of rotatable bonds is 5. The Bertz CT molecular complexity index is 1370. The molecule has 6 saturated carbocycles. The first-order chi connectivity index (χ1) is 18.6. The molecule has 4 heteroatoms. The third-order valence-corrected chi connectivity index (χ3v) is 12.3. The average molecular weight is 525 g/mol. The molecule has 1 heterocycles. The van der Waals surface area contributed by atoms with Gasteiger partial charge in [-0.3, -0.25) is 4.99 Å². The predicted octanol–water partition coefficient (Wildman–Crippen LogP) is 8.58. The summed E-state index contributed by atoms with van der Waals surface area (Å²) in [5.41, 5.74) is 3.90. The van der Waals surface area contributed by atoms with Crippen LogP contribution in [0, 0.1) is 34.5 Å². The van der Waals surface area contributed by atoms with Crippen LogP contribution in [0.2, 0.25) is 0 Å². The van der Waals surface area contributed by atoms with Gasteiger partial charge in [0.15, 0.2) is 11.5 Å². The van der Waals surface area contributed by atoms with Crippen LogP contribution in [0.5, 0.6) is 11.5 Å². The topological polar surface area (TPSA) is 43.2 Å². The Morgan fingerprint density at radius 3 is 2.03 bits per heavy atom. The molecule has 0 aromatic heterocycles. The molecule has 6 aliphatic carbocycles. The van der Waals surface area contributed by atoms with Crippen LogP contribution in [0.1, 0.15) is 91.2 Å². The van der Waals surface area contributed by atoms with Crippen molar-refractivity contribution in [1.29, 1.82) is 0 Å². The Balaban J connectivity index is 1.37. The second-order valence-corrected chi connectivity index (χ2v) is 14.4. The summed E-state index contributed by atoms with van der Waals surface area (Å²) in [6.45, 7) is 15.1. The Morgan fingerprint density at radius 1 is 0.744 bits per heavy atom. The number of aliphatic imine (C=N–C) groups is 2. The van der Waals surface area contributed by atoms with E-state index in [1.807, 2.05) is 6.21 Å². The SMILES string of the molecule is CC1CCC2CC1(Oc1cccc(C3=Nc4ccccc4CN=C3)c1OC13CC(CCC1C)C3(C)C)C2(C)C. The molecule has 0 saturated heterocycles. The summed E-state index contributed by atoms with van der Waals surface area (Å²) in [5.74, 6) is 4.20. The lowest BCUT2D eigenvalue weighted by atomic mass is 9.42. The van der Waals surface area contributed by atoms with Crippen LogP contribution >= 0.6 is 0 Å². The zero-order valence-corrected chi connectivity index (χ0v) is 24.6. The van der Waals surface area contributed by atoms with Crippen LogP contribution in [0.15, 0.2) is 52.4 Å². The van der Waals surface area contributed by atoms with Crippen molar-refractivity contribution in [3.63, 3.8) is 0 Å². The first-order valence-corrected chi connectivity index (χ1v) is 15.3. The molecule has 2 aromatic rings. The first-order valence-electron chi connectivity index (χ1n) is 15.3. The molecular formula is C35H44N2O2. The van der Waals surface area contributed by atoms with Crippen molar-refractivity contribution in [3.8, 4) is 11.5 Å². The lowest BCUT2D eigenvalue weighted by Crippen LogP contribution is -2.70. The van der Waals surface area contributed by atoms with Gasteiger partial charge in [0.05, 0.1) is 17.9 Å². The highest BCUT2D eigenvalue weighted by atomic mass is 16.5. The second-order valence-electron chi connectivity index (χ2n) is 14.4. The molecule has 9 rings (SSSR count). The van der Waals surface area contributed by atoms with Crippen molar-refractivity contribution in [2.75, 3.05) is 0 Å². The molecule has 4 bridgehead atoms. The van der Waals surface area contributed by atoms with E-state index in [1.165, 1.54) is 25.7 Å². The highest BCUT2D eigenvalue weighted by Gasteiger charge is 2.68. The molecule has 2 aromatic carbocycles. The van der Waals surface area contributed by atoms with Gasteiger partial charge >= 0.3 is 0 Å². The fourth-order valence-electron chi connectivity index (χ4n) is 9.27. The first kappa shape index (κ1) is 25.4. The smallest absolute Gasteiger partial charge is 0.171 e. The highest BCUT2D eigenvalue weighted by molar-refractivity contribution is 6.39. The molecule has 206 valence electrons. The van der Waals surface area contributed by atoms with Crippen molar-refractivity contribution in [2.24, 2.45) is 44.5 Å². The van der Waals surface area contributed by atoms with Gasteiger partial charge in [0, 0.05) is 22.6 Å². The van der Waals surface area contributed by atoms with Gasteiger partial charge in [-0.1, -0.05) is 65.8 Å². The van der Waals surface area contributed by atoms with Gasteiger partial charge in [-0.2, -0.15) is 0 Å². The maximum Gasteiger partial charge on any atom is 0.171 e. The summed E-state index contributed by atoms with van der Waals surface area (Å²) in [7, 11) is 0. The van der Waals surface area contributed by atoms with Gasteiger partial charge in [0.25, 0.3) is 0 Å². The average Bonchev–Trinajstić information content (AvgIpc) is 3.13. The minimum atomic E-state index is -0.196. The number of fused-ring (bicyclic) bond motifs is 5. The second kappa shape index (κ2) is 8.44. The van der Waals surface area contributed by atoms with Crippen molar-refractivity contribution >= 4 is 17.6 Å². The molecule has 0 N–H and O–H groups in total. The normalized spacial score (nSPS) is 36.9. The molecule has 7 aliphatic rings. The number of hydrogen-bond donors (Lipinski definition) is 0. The minimum Gasteiger partial charge on any atom is -0.483 e. The van der Waals surface area contributed by atoms with Crippen LogP contribution in [0.4, 0.5) is 5.69 Å². The van der Waals surface area contributed by atoms with Gasteiger partial charge in [0.1, 0.15) is 11.2 Å². The van der Waals surface area contributed by atoms with Crippen molar-refractivity contribution < 1.29 is 9.47 Å². The number of ether oxygens (including phenoxy) is 2. The lowest BCUT2D eigenvalue weighted by Gasteiger charge is -2.68. The Kier molecular flexibility index (Phi) is 5.49. The van der Waals surface area contributed by atoms with Gasteiger partial charge in [-0.05, 0) is 86.0 Å². The summed E-state index contributed by atoms with van der Waals surface area (Å²) in [6, 6.07) is 14.8. The number of para-hydroxylation sites is 2. The van der Waals surface area contributed by atoms with Gasteiger partial charge in [-0.25, -0.2) is 4.99 Å². The van der Waals surface area contributed by atoms with Crippen LogP contribution in [0.25, 0.3) is 0 Å². The Labute approximate surface area is 234 Å². The molecule has 0 radical (unpaired) electrons. The van der Waals surface area contributed by atoms with E-state index in [2.05, 4.69) is 84.0 Å². The zero-order chi connectivity index (χ0) is 27.2. The van der Waals surface area contributed by atoms with Crippen LogP contribution < -0.4 is 9.47 Å². The standard InChI is InChI=1S/C35H44N2O2/c1-22-14-16-25-18-34(22,32(25,3)4)38-30-13-9-11-27(29-21-36-20-24-10-7-8-12-28(24)37-29)31(30)39-35-19-26(33(35,5)6)17-15-23(35)2/h7-13,21-23,25-26H,14-20H2,1-6H3. The minimum absolute atomic E-state index is 0.123. The van der Waals surface area contributed by atoms with Crippen molar-refractivity contribution in [2.45, 2.75) is 97.8 Å². The number of hydrogen-bond acceptors (Lipinski definition) is 4. The van der Waals surface area contributed by atoms with E-state index >= 15 is 0 Å². The summed E-state index contributed by atoms with van der Waals surface area (Å²) >= 11 is 0. The van der Waals surface area contributed by atoms with Crippen LogP contribution in [0.3, 0.4) is 0 Å². The van der Waals surface area contributed by atoms with Gasteiger partial charge < -0.3 is 9.47 Å². The highest BCUT2D eigenvalue weighted by Crippen LogP contribution is 2.68. The van der Waals surface area contributed by atoms with Crippen LogP contribution in [-0.2, 0) is 6.54 Å². The predicted molar refractivity (Wildman–Crippen MR) is 159 cm³/mol. The number of benzene rings is 2. The van der Waals surface area contributed by atoms with E-state index in [1.54, 1.807) is 0 Å². The summed E-state index contributed by atoms with van der Waals surface area (Å²) in [5, 5.41) is 0. The molecule has 6 unspecified atom stereocenters.